The fraction of sp³-hybridized carbons (Fsp3) is 0.273. The molecule has 2 aromatic rings. The molecular formula is C11H12N2O. The van der Waals surface area contributed by atoms with Crippen LogP contribution in [0, 0.1) is 0 Å². The maximum atomic E-state index is 6.01. The highest BCUT2D eigenvalue weighted by atomic mass is 16.5. The van der Waals surface area contributed by atoms with E-state index in [2.05, 4.69) is 17.1 Å². The molecule has 3 N–H and O–H groups in total. The van der Waals surface area contributed by atoms with Gasteiger partial charge < -0.3 is 15.5 Å². The molecule has 1 atom stereocenters. The van der Waals surface area contributed by atoms with Crippen molar-refractivity contribution in [3.05, 3.63) is 30.0 Å². The monoisotopic (exact) mass is 188 g/mol. The van der Waals surface area contributed by atoms with Crippen LogP contribution >= 0.6 is 0 Å². The van der Waals surface area contributed by atoms with E-state index in [0.29, 0.717) is 0 Å². The van der Waals surface area contributed by atoms with Crippen LogP contribution in [0.3, 0.4) is 0 Å². The third kappa shape index (κ3) is 1.02. The molecule has 3 heteroatoms. The summed E-state index contributed by atoms with van der Waals surface area (Å²) < 4.78 is 5.58. The highest BCUT2D eigenvalue weighted by molar-refractivity contribution is 5.82. The second-order valence-corrected chi connectivity index (χ2v) is 3.70. The van der Waals surface area contributed by atoms with E-state index in [9.17, 15) is 0 Å². The van der Waals surface area contributed by atoms with Gasteiger partial charge in [0.2, 0.25) is 0 Å². The Bertz CT molecular complexity index is 475. The maximum Gasteiger partial charge on any atom is 0.124 e. The minimum atomic E-state index is 0.117. The zero-order valence-electron chi connectivity index (χ0n) is 7.79. The van der Waals surface area contributed by atoms with Crippen molar-refractivity contribution in [1.29, 1.82) is 0 Å². The van der Waals surface area contributed by atoms with Gasteiger partial charge in [0.1, 0.15) is 5.75 Å². The van der Waals surface area contributed by atoms with Crippen LogP contribution in [0.2, 0.25) is 0 Å². The Morgan fingerprint density at radius 2 is 2.36 bits per heavy atom. The summed E-state index contributed by atoms with van der Waals surface area (Å²) in [7, 11) is 0. The molecule has 0 fully saturated rings. The average molecular weight is 188 g/mol. The van der Waals surface area contributed by atoms with Crippen molar-refractivity contribution in [1.82, 2.24) is 4.98 Å². The van der Waals surface area contributed by atoms with E-state index in [4.69, 9.17) is 10.5 Å². The Kier molecular flexibility index (Phi) is 1.55. The molecule has 0 saturated heterocycles. The highest BCUT2D eigenvalue weighted by Gasteiger charge is 2.18. The molecule has 1 aromatic carbocycles. The van der Waals surface area contributed by atoms with Gasteiger partial charge in [-0.1, -0.05) is 0 Å². The highest BCUT2D eigenvalue weighted by Crippen LogP contribution is 2.33. The van der Waals surface area contributed by atoms with Crippen LogP contribution in [0.5, 0.6) is 5.75 Å². The minimum absolute atomic E-state index is 0.117. The number of hydrogen-bond acceptors (Lipinski definition) is 2. The molecule has 0 unspecified atom stereocenters. The summed E-state index contributed by atoms with van der Waals surface area (Å²) >= 11 is 0. The van der Waals surface area contributed by atoms with Crippen LogP contribution in [-0.2, 0) is 0 Å². The van der Waals surface area contributed by atoms with E-state index in [1.165, 1.54) is 5.39 Å². The lowest BCUT2D eigenvalue weighted by molar-refractivity contribution is 0.269. The number of benzene rings is 1. The SMILES string of the molecule is N[C@@H]1CCOc2cc3cc[nH]c3cc21. The molecule has 0 spiro atoms. The van der Waals surface area contributed by atoms with Crippen LogP contribution in [-0.4, -0.2) is 11.6 Å². The predicted octanol–water partition coefficient (Wildman–Crippen LogP) is 1.95. The number of fused-ring (bicyclic) bond motifs is 2. The summed E-state index contributed by atoms with van der Waals surface area (Å²) in [4.78, 5) is 3.18. The molecule has 14 heavy (non-hydrogen) atoms. The Balaban J connectivity index is 2.27. The van der Waals surface area contributed by atoms with E-state index in [1.807, 2.05) is 12.3 Å². The smallest absolute Gasteiger partial charge is 0.124 e. The third-order valence-corrected chi connectivity index (χ3v) is 2.77. The molecule has 3 nitrogen and oxygen atoms in total. The van der Waals surface area contributed by atoms with Gasteiger partial charge in [0.25, 0.3) is 0 Å². The van der Waals surface area contributed by atoms with Crippen LogP contribution < -0.4 is 10.5 Å². The lowest BCUT2D eigenvalue weighted by Gasteiger charge is -2.22. The number of H-pyrrole nitrogens is 1. The Morgan fingerprint density at radius 1 is 1.43 bits per heavy atom. The van der Waals surface area contributed by atoms with E-state index < -0.39 is 0 Å². The van der Waals surface area contributed by atoms with Crippen molar-refractivity contribution in [2.24, 2.45) is 5.73 Å². The van der Waals surface area contributed by atoms with Gasteiger partial charge in [0, 0.05) is 35.1 Å². The molecule has 1 aliphatic rings. The first-order valence-electron chi connectivity index (χ1n) is 4.84. The number of nitrogens with two attached hydrogens (primary N) is 1. The van der Waals surface area contributed by atoms with Gasteiger partial charge >= 0.3 is 0 Å². The van der Waals surface area contributed by atoms with Gasteiger partial charge in [-0.2, -0.15) is 0 Å². The molecular weight excluding hydrogens is 176 g/mol. The van der Waals surface area contributed by atoms with Gasteiger partial charge in [-0.25, -0.2) is 0 Å². The van der Waals surface area contributed by atoms with Gasteiger partial charge in [0.15, 0.2) is 0 Å². The van der Waals surface area contributed by atoms with Gasteiger partial charge in [-0.15, -0.1) is 0 Å². The van der Waals surface area contributed by atoms with Crippen molar-refractivity contribution in [2.75, 3.05) is 6.61 Å². The van der Waals surface area contributed by atoms with E-state index >= 15 is 0 Å². The van der Waals surface area contributed by atoms with Crippen molar-refractivity contribution in [3.8, 4) is 5.75 Å². The Hall–Kier alpha value is -1.48. The average Bonchev–Trinajstić information content (AvgIpc) is 2.62. The minimum Gasteiger partial charge on any atom is -0.493 e. The van der Waals surface area contributed by atoms with Gasteiger partial charge in [0.05, 0.1) is 6.61 Å². The third-order valence-electron chi connectivity index (χ3n) is 2.77. The number of aromatic nitrogens is 1. The summed E-state index contributed by atoms with van der Waals surface area (Å²) in [5, 5.41) is 1.18. The summed E-state index contributed by atoms with van der Waals surface area (Å²) in [5.41, 5.74) is 8.26. The van der Waals surface area contributed by atoms with Crippen LogP contribution in [0.4, 0.5) is 0 Å². The van der Waals surface area contributed by atoms with Crippen molar-refractivity contribution >= 4 is 10.9 Å². The molecule has 1 aliphatic heterocycles. The van der Waals surface area contributed by atoms with Crippen molar-refractivity contribution < 1.29 is 4.74 Å². The first-order chi connectivity index (χ1) is 6.84. The van der Waals surface area contributed by atoms with Crippen molar-refractivity contribution in [3.63, 3.8) is 0 Å². The van der Waals surface area contributed by atoms with E-state index in [-0.39, 0.29) is 6.04 Å². The summed E-state index contributed by atoms with van der Waals surface area (Å²) in [6.07, 6.45) is 2.83. The summed E-state index contributed by atoms with van der Waals surface area (Å²) in [6.45, 7) is 0.726. The summed E-state index contributed by atoms with van der Waals surface area (Å²) in [5.74, 6) is 0.941. The lowest BCUT2D eigenvalue weighted by atomic mass is 10.0. The number of hydrogen-bond donors (Lipinski definition) is 2. The molecule has 72 valence electrons. The molecule has 0 saturated carbocycles. The second kappa shape index (κ2) is 2.75. The molecule has 1 aromatic heterocycles. The quantitative estimate of drug-likeness (QED) is 0.664. The number of aromatic amines is 1. The van der Waals surface area contributed by atoms with Crippen molar-refractivity contribution in [2.45, 2.75) is 12.5 Å². The normalized spacial score (nSPS) is 20.5. The fourth-order valence-corrected chi connectivity index (χ4v) is 1.96. The lowest BCUT2D eigenvalue weighted by Crippen LogP contribution is -2.20. The summed E-state index contributed by atoms with van der Waals surface area (Å²) in [6, 6.07) is 6.31. The Labute approximate surface area is 81.9 Å². The standard InChI is InChI=1S/C11H12N2O/c12-9-2-4-14-11-5-7-1-3-13-10(7)6-8(9)11/h1,3,5-6,9,13H,2,4,12H2/t9-/m1/s1. The topological polar surface area (TPSA) is 51.0 Å². The second-order valence-electron chi connectivity index (χ2n) is 3.70. The molecule has 0 bridgehead atoms. The molecule has 0 aliphatic carbocycles. The van der Waals surface area contributed by atoms with Gasteiger partial charge in [-0.3, -0.25) is 0 Å². The molecule has 3 rings (SSSR count). The Morgan fingerprint density at radius 3 is 3.29 bits per heavy atom. The van der Waals surface area contributed by atoms with E-state index in [0.717, 1.165) is 29.9 Å². The first kappa shape index (κ1) is 7.88. The molecule has 2 heterocycles. The fourth-order valence-electron chi connectivity index (χ4n) is 1.96. The van der Waals surface area contributed by atoms with E-state index in [1.54, 1.807) is 0 Å². The zero-order chi connectivity index (χ0) is 9.54. The predicted molar refractivity (Wildman–Crippen MR) is 55.3 cm³/mol. The van der Waals surface area contributed by atoms with Crippen LogP contribution in [0.15, 0.2) is 24.4 Å². The molecule has 0 radical (unpaired) electrons. The zero-order valence-corrected chi connectivity index (χ0v) is 7.79. The number of nitrogens with one attached hydrogen (secondary N) is 1. The first-order valence-corrected chi connectivity index (χ1v) is 4.84. The number of rotatable bonds is 0. The number of ether oxygens (including phenoxy) is 1. The van der Waals surface area contributed by atoms with Gasteiger partial charge in [-0.05, 0) is 18.2 Å². The molecule has 0 amide bonds. The largest absolute Gasteiger partial charge is 0.493 e. The van der Waals surface area contributed by atoms with Crippen LogP contribution in [0.1, 0.15) is 18.0 Å². The maximum absolute atomic E-state index is 6.01. The van der Waals surface area contributed by atoms with Crippen LogP contribution in [0.25, 0.3) is 10.9 Å².